The van der Waals surface area contributed by atoms with Crippen LogP contribution in [-0.4, -0.2) is 46.2 Å². The Morgan fingerprint density at radius 3 is 2.20 bits per heavy atom. The lowest BCUT2D eigenvalue weighted by Gasteiger charge is -2.09. The number of rotatable bonds is 4. The predicted octanol–water partition coefficient (Wildman–Crippen LogP) is 1.45. The third kappa shape index (κ3) is 3.08. The van der Waals surface area contributed by atoms with Crippen molar-refractivity contribution in [2.24, 2.45) is 0 Å². The Labute approximate surface area is 142 Å². The van der Waals surface area contributed by atoms with Crippen LogP contribution in [0.15, 0.2) is 16.9 Å². The predicted molar refractivity (Wildman–Crippen MR) is 89.1 cm³/mol. The molecule has 0 spiro atoms. The molecule has 0 fully saturated rings. The normalized spacial score (nSPS) is 11.1. The average molecular weight is 344 g/mol. The molecule has 0 aliphatic heterocycles. The van der Waals surface area contributed by atoms with Crippen LogP contribution in [0.1, 0.15) is 24.5 Å². The van der Waals surface area contributed by atoms with Crippen molar-refractivity contribution >= 4 is 28.2 Å². The Balaban J connectivity index is 2.22. The molecule has 3 rings (SSSR count). The molecular weight excluding hydrogens is 328 g/mol. The maximum atomic E-state index is 12.2. The lowest BCUT2D eigenvalue weighted by molar-refractivity contribution is 0.0363. The van der Waals surface area contributed by atoms with Gasteiger partial charge in [-0.2, -0.15) is 0 Å². The van der Waals surface area contributed by atoms with Gasteiger partial charge >= 0.3 is 5.97 Å². The zero-order valence-electron chi connectivity index (χ0n) is 14.1. The monoisotopic (exact) mass is 344 g/mol. The summed E-state index contributed by atoms with van der Waals surface area (Å²) in [6.07, 6.45) is -0.340. The molecule has 0 bridgehead atoms. The SMILES string of the molecule is COc1cc2nc3nc(C(=O)OC(C)C)[nH]c(=O)c3nc2cc1OC. The molecule has 0 saturated carbocycles. The molecule has 0 atom stereocenters. The van der Waals surface area contributed by atoms with Crippen molar-refractivity contribution in [1.82, 2.24) is 19.9 Å². The highest BCUT2D eigenvalue weighted by Crippen LogP contribution is 2.30. The van der Waals surface area contributed by atoms with E-state index in [2.05, 4.69) is 19.9 Å². The van der Waals surface area contributed by atoms with E-state index in [-0.39, 0.29) is 23.1 Å². The van der Waals surface area contributed by atoms with E-state index >= 15 is 0 Å². The zero-order valence-corrected chi connectivity index (χ0v) is 14.1. The van der Waals surface area contributed by atoms with E-state index in [0.29, 0.717) is 22.5 Å². The van der Waals surface area contributed by atoms with Crippen LogP contribution in [0.2, 0.25) is 0 Å². The third-order valence-corrected chi connectivity index (χ3v) is 3.35. The first kappa shape index (κ1) is 16.6. The summed E-state index contributed by atoms with van der Waals surface area (Å²) in [6.45, 7) is 3.40. The van der Waals surface area contributed by atoms with Crippen molar-refractivity contribution in [3.63, 3.8) is 0 Å². The quantitative estimate of drug-likeness (QED) is 0.558. The second-order valence-corrected chi connectivity index (χ2v) is 5.46. The summed E-state index contributed by atoms with van der Waals surface area (Å²) in [5, 5.41) is 0. The number of hydrogen-bond donors (Lipinski definition) is 1. The first-order valence-electron chi connectivity index (χ1n) is 7.47. The van der Waals surface area contributed by atoms with Crippen molar-refractivity contribution in [1.29, 1.82) is 0 Å². The Kier molecular flexibility index (Phi) is 4.22. The highest BCUT2D eigenvalue weighted by Gasteiger charge is 2.17. The number of nitrogens with zero attached hydrogens (tertiary/aromatic N) is 3. The third-order valence-electron chi connectivity index (χ3n) is 3.35. The maximum absolute atomic E-state index is 12.2. The second kappa shape index (κ2) is 6.34. The van der Waals surface area contributed by atoms with E-state index in [0.717, 1.165) is 0 Å². The zero-order chi connectivity index (χ0) is 18.1. The highest BCUT2D eigenvalue weighted by molar-refractivity contribution is 5.90. The van der Waals surface area contributed by atoms with E-state index in [1.807, 2.05) is 0 Å². The van der Waals surface area contributed by atoms with Crippen molar-refractivity contribution < 1.29 is 19.0 Å². The van der Waals surface area contributed by atoms with Gasteiger partial charge in [0.25, 0.3) is 5.56 Å². The molecule has 3 aromatic rings. The van der Waals surface area contributed by atoms with Crippen LogP contribution in [0.5, 0.6) is 11.5 Å². The first-order chi connectivity index (χ1) is 11.9. The number of H-pyrrole nitrogens is 1. The van der Waals surface area contributed by atoms with Crippen LogP contribution in [0.25, 0.3) is 22.2 Å². The van der Waals surface area contributed by atoms with Crippen LogP contribution in [0.4, 0.5) is 0 Å². The summed E-state index contributed by atoms with van der Waals surface area (Å²) < 4.78 is 15.5. The van der Waals surface area contributed by atoms with Crippen molar-refractivity contribution in [3.05, 3.63) is 28.3 Å². The van der Waals surface area contributed by atoms with Crippen LogP contribution in [0.3, 0.4) is 0 Å². The molecule has 0 amide bonds. The van der Waals surface area contributed by atoms with Crippen LogP contribution in [0, 0.1) is 0 Å². The molecule has 2 heterocycles. The number of ether oxygens (including phenoxy) is 3. The molecule has 1 aromatic carbocycles. The number of esters is 1. The molecule has 0 saturated heterocycles. The Bertz CT molecular complexity index is 1030. The minimum Gasteiger partial charge on any atom is -0.493 e. The summed E-state index contributed by atoms with van der Waals surface area (Å²) >= 11 is 0. The summed E-state index contributed by atoms with van der Waals surface area (Å²) in [5.74, 6) is -0.0263. The Morgan fingerprint density at radius 2 is 1.64 bits per heavy atom. The molecule has 9 heteroatoms. The Hall–Kier alpha value is -3.23. The number of benzene rings is 1. The summed E-state index contributed by atoms with van der Waals surface area (Å²) in [6, 6.07) is 3.23. The van der Waals surface area contributed by atoms with Gasteiger partial charge in [0, 0.05) is 12.1 Å². The summed E-state index contributed by atoms with van der Waals surface area (Å²) in [4.78, 5) is 39.2. The van der Waals surface area contributed by atoms with Gasteiger partial charge in [0.05, 0.1) is 31.4 Å². The van der Waals surface area contributed by atoms with Gasteiger partial charge in [-0.15, -0.1) is 0 Å². The van der Waals surface area contributed by atoms with Gasteiger partial charge in [-0.25, -0.2) is 19.7 Å². The van der Waals surface area contributed by atoms with Crippen LogP contribution in [-0.2, 0) is 4.74 Å². The van der Waals surface area contributed by atoms with E-state index in [1.165, 1.54) is 14.2 Å². The fourth-order valence-corrected chi connectivity index (χ4v) is 2.27. The standard InChI is InChI=1S/C16H16N4O5/c1-7(2)25-16(22)14-19-13-12(15(21)20-14)17-8-5-10(23-3)11(24-4)6-9(8)18-13/h5-7H,1-4H3,(H,18,19,20,21). The van der Waals surface area contributed by atoms with Crippen molar-refractivity contribution in [2.45, 2.75) is 20.0 Å². The van der Waals surface area contributed by atoms with E-state index in [1.54, 1.807) is 26.0 Å². The number of aromatic nitrogens is 4. The minimum atomic E-state index is -0.733. The number of methoxy groups -OCH3 is 2. The molecule has 0 radical (unpaired) electrons. The summed E-state index contributed by atoms with van der Waals surface area (Å²) in [7, 11) is 3.00. The maximum Gasteiger partial charge on any atom is 0.374 e. The molecule has 0 aliphatic rings. The van der Waals surface area contributed by atoms with Crippen LogP contribution >= 0.6 is 0 Å². The molecule has 9 nitrogen and oxygen atoms in total. The van der Waals surface area contributed by atoms with E-state index < -0.39 is 11.5 Å². The van der Waals surface area contributed by atoms with Crippen molar-refractivity contribution in [3.8, 4) is 11.5 Å². The molecule has 130 valence electrons. The highest BCUT2D eigenvalue weighted by atomic mass is 16.5. The molecule has 1 N–H and O–H groups in total. The van der Waals surface area contributed by atoms with Gasteiger partial charge in [0.2, 0.25) is 5.82 Å². The second-order valence-electron chi connectivity index (χ2n) is 5.46. The molecule has 2 aromatic heterocycles. The number of hydrogen-bond acceptors (Lipinski definition) is 8. The number of aromatic amines is 1. The van der Waals surface area contributed by atoms with Gasteiger partial charge in [-0.05, 0) is 13.8 Å². The molecular formula is C16H16N4O5. The average Bonchev–Trinajstić information content (AvgIpc) is 2.58. The van der Waals surface area contributed by atoms with E-state index in [4.69, 9.17) is 14.2 Å². The molecule has 0 aliphatic carbocycles. The smallest absolute Gasteiger partial charge is 0.374 e. The lowest BCUT2D eigenvalue weighted by Crippen LogP contribution is -2.21. The Morgan fingerprint density at radius 1 is 1.04 bits per heavy atom. The van der Waals surface area contributed by atoms with Gasteiger partial charge in [0.15, 0.2) is 22.7 Å². The number of carbonyl (C=O) groups excluding carboxylic acids is 1. The molecule has 0 unspecified atom stereocenters. The van der Waals surface area contributed by atoms with Crippen molar-refractivity contribution in [2.75, 3.05) is 14.2 Å². The van der Waals surface area contributed by atoms with Gasteiger partial charge in [-0.3, -0.25) is 9.78 Å². The molecule has 25 heavy (non-hydrogen) atoms. The number of carbonyl (C=O) groups is 1. The lowest BCUT2D eigenvalue weighted by atomic mass is 10.2. The number of nitrogens with one attached hydrogen (secondary N) is 1. The minimum absolute atomic E-state index is 0.0146. The summed E-state index contributed by atoms with van der Waals surface area (Å²) in [5.41, 5.74) is 0.367. The van der Waals surface area contributed by atoms with Gasteiger partial charge in [0.1, 0.15) is 0 Å². The largest absolute Gasteiger partial charge is 0.493 e. The number of fused-ring (bicyclic) bond motifs is 2. The fourth-order valence-electron chi connectivity index (χ4n) is 2.27. The first-order valence-corrected chi connectivity index (χ1v) is 7.47. The van der Waals surface area contributed by atoms with Gasteiger partial charge < -0.3 is 14.2 Å². The fraction of sp³-hybridized carbons (Fsp3) is 0.312. The van der Waals surface area contributed by atoms with Crippen LogP contribution < -0.4 is 15.0 Å². The topological polar surface area (TPSA) is 116 Å². The van der Waals surface area contributed by atoms with E-state index in [9.17, 15) is 9.59 Å². The van der Waals surface area contributed by atoms with Gasteiger partial charge in [-0.1, -0.05) is 0 Å².